The van der Waals surface area contributed by atoms with Gasteiger partial charge in [0.25, 0.3) is 11.4 Å². The normalized spacial score (nSPS) is 9.74. The Hall–Kier alpha value is -3.68. The maximum Gasteiger partial charge on any atom is 0.295 e. The molecule has 6 N–H and O–H groups in total. The van der Waals surface area contributed by atoms with E-state index in [-0.39, 0.29) is 42.5 Å². The highest BCUT2D eigenvalue weighted by atomic mass is 16.6. The quantitative estimate of drug-likeness (QED) is 0.185. The van der Waals surface area contributed by atoms with Crippen molar-refractivity contribution in [2.75, 3.05) is 66.0 Å². The number of nitrogen functional groups attached to an aromatic ring is 2. The van der Waals surface area contributed by atoms with Crippen molar-refractivity contribution in [2.24, 2.45) is 0 Å². The number of nitrogens with zero attached hydrogens (tertiary/aromatic N) is 4. The van der Waals surface area contributed by atoms with Gasteiger partial charge in [0.2, 0.25) is 0 Å². The third-order valence-electron chi connectivity index (χ3n) is 3.76. The van der Waals surface area contributed by atoms with Crippen LogP contribution >= 0.6 is 0 Å². The average Bonchev–Trinajstić information content (AvgIpc) is 2.71. The molecular weight excluding hydrogens is 448 g/mol. The van der Waals surface area contributed by atoms with Crippen LogP contribution in [0.15, 0.2) is 36.4 Å². The van der Waals surface area contributed by atoms with Crippen LogP contribution in [-0.4, -0.2) is 84.4 Å². The Morgan fingerprint density at radius 1 is 0.882 bits per heavy atom. The fraction of sp³-hybridized carbons (Fsp3) is 0.429. The van der Waals surface area contributed by atoms with Gasteiger partial charge in [0.1, 0.15) is 29.5 Å². The molecule has 0 aliphatic heterocycles. The van der Waals surface area contributed by atoms with E-state index in [2.05, 4.69) is 0 Å². The Morgan fingerprint density at radius 2 is 1.35 bits per heavy atom. The van der Waals surface area contributed by atoms with Crippen molar-refractivity contribution < 1.29 is 24.8 Å². The van der Waals surface area contributed by atoms with Crippen molar-refractivity contribution in [1.29, 1.82) is 0 Å². The summed E-state index contributed by atoms with van der Waals surface area (Å²) in [6.07, 6.45) is 0. The van der Waals surface area contributed by atoms with Crippen molar-refractivity contribution in [2.45, 2.75) is 7.43 Å². The topological polar surface area (TPSA) is 194 Å². The number of hydrogen-bond donors (Lipinski definition) is 4. The number of ether oxygens (including phenoxy) is 1. The first-order valence-electron chi connectivity index (χ1n) is 9.68. The first kappa shape index (κ1) is 32.5. The highest BCUT2D eigenvalue weighted by Gasteiger charge is 2.12. The predicted octanol–water partition coefficient (Wildman–Crippen LogP) is 2.18. The summed E-state index contributed by atoms with van der Waals surface area (Å²) in [5.74, 6) is 0.300. The van der Waals surface area contributed by atoms with Gasteiger partial charge in [0.05, 0.1) is 28.6 Å². The van der Waals surface area contributed by atoms with E-state index in [0.717, 1.165) is 19.2 Å². The van der Waals surface area contributed by atoms with E-state index in [0.29, 0.717) is 12.4 Å². The smallest absolute Gasteiger partial charge is 0.295 e. The van der Waals surface area contributed by atoms with Crippen molar-refractivity contribution >= 4 is 22.7 Å². The number of nitro groups is 2. The van der Waals surface area contributed by atoms with E-state index in [1.165, 1.54) is 24.3 Å². The zero-order valence-corrected chi connectivity index (χ0v) is 19.2. The van der Waals surface area contributed by atoms with Crippen LogP contribution in [0.3, 0.4) is 0 Å². The molecular formula is C21H36N6O7. The van der Waals surface area contributed by atoms with Gasteiger partial charge in [-0.2, -0.15) is 0 Å². The monoisotopic (exact) mass is 484 g/mol. The lowest BCUT2D eigenvalue weighted by Gasteiger charge is -2.10. The fourth-order valence-electron chi connectivity index (χ4n) is 2.01. The van der Waals surface area contributed by atoms with Crippen molar-refractivity contribution in [3.05, 3.63) is 56.6 Å². The van der Waals surface area contributed by atoms with Gasteiger partial charge in [0, 0.05) is 13.1 Å². The van der Waals surface area contributed by atoms with Crippen molar-refractivity contribution in [3.63, 3.8) is 0 Å². The van der Waals surface area contributed by atoms with Gasteiger partial charge in [-0.3, -0.25) is 20.2 Å². The van der Waals surface area contributed by atoms with Crippen LogP contribution in [0.5, 0.6) is 11.5 Å². The SMILES string of the molecule is C.CN(C)CCO.CN(C)CCOc1ccc(N)c([N+](=O)[O-])c1.Nc1ccc(O)cc1[N+](=O)[O-]. The Labute approximate surface area is 199 Å². The molecule has 0 aromatic heterocycles. The molecule has 34 heavy (non-hydrogen) atoms. The number of rotatable bonds is 8. The number of aliphatic hydroxyl groups is 1. The minimum Gasteiger partial charge on any atom is -0.508 e. The Kier molecular flexibility index (Phi) is 16.1. The van der Waals surface area contributed by atoms with Gasteiger partial charge in [-0.15, -0.1) is 0 Å². The van der Waals surface area contributed by atoms with E-state index < -0.39 is 9.85 Å². The Morgan fingerprint density at radius 3 is 1.74 bits per heavy atom. The van der Waals surface area contributed by atoms with E-state index in [9.17, 15) is 20.2 Å². The Bertz CT molecular complexity index is 894. The Balaban J connectivity index is 0. The maximum absolute atomic E-state index is 10.6. The zero-order chi connectivity index (χ0) is 25.6. The first-order valence-corrected chi connectivity index (χ1v) is 9.68. The summed E-state index contributed by atoms with van der Waals surface area (Å²) in [6.45, 7) is 2.25. The van der Waals surface area contributed by atoms with Crippen LogP contribution in [0, 0.1) is 20.2 Å². The van der Waals surface area contributed by atoms with Crippen LogP contribution in [0.2, 0.25) is 0 Å². The number of nitrogens with two attached hydrogens (primary N) is 2. The molecule has 2 aromatic rings. The molecule has 0 aliphatic carbocycles. The van der Waals surface area contributed by atoms with Crippen LogP contribution in [0.1, 0.15) is 7.43 Å². The molecule has 13 nitrogen and oxygen atoms in total. The lowest BCUT2D eigenvalue weighted by molar-refractivity contribution is -0.384. The summed E-state index contributed by atoms with van der Waals surface area (Å²) < 4.78 is 5.36. The number of benzene rings is 2. The first-order chi connectivity index (χ1) is 15.4. The molecule has 0 heterocycles. The minimum absolute atomic E-state index is 0. The standard InChI is InChI=1S/C10H15N3O3.C6H6N2O3.C4H11NO.CH4/c1-12(2)5-6-16-8-3-4-9(11)10(7-8)13(14)15;7-5-2-1-4(9)3-6(5)8(10)11;1-5(2)3-4-6;/h3-4,7H,5-6,11H2,1-2H3;1-3,9H,7H2;6H,3-4H2,1-2H3;1H4. The molecule has 0 saturated heterocycles. The summed E-state index contributed by atoms with van der Waals surface area (Å²) in [7, 11) is 7.70. The molecule has 0 fully saturated rings. The molecule has 0 amide bonds. The number of anilines is 2. The molecule has 0 atom stereocenters. The predicted molar refractivity (Wildman–Crippen MR) is 133 cm³/mol. The highest BCUT2D eigenvalue weighted by molar-refractivity contribution is 5.61. The second kappa shape index (κ2) is 16.9. The van der Waals surface area contributed by atoms with Crippen LogP contribution in [0.4, 0.5) is 22.7 Å². The number of phenols is 1. The third-order valence-corrected chi connectivity index (χ3v) is 3.76. The van der Waals surface area contributed by atoms with Crippen LogP contribution < -0.4 is 16.2 Å². The highest BCUT2D eigenvalue weighted by Crippen LogP contribution is 2.26. The van der Waals surface area contributed by atoms with Gasteiger partial charge in [-0.05, 0) is 52.5 Å². The lowest BCUT2D eigenvalue weighted by atomic mass is 10.2. The molecule has 0 unspecified atom stereocenters. The molecule has 192 valence electrons. The van der Waals surface area contributed by atoms with Crippen LogP contribution in [-0.2, 0) is 0 Å². The van der Waals surface area contributed by atoms with Gasteiger partial charge in [-0.1, -0.05) is 7.43 Å². The van der Waals surface area contributed by atoms with Crippen molar-refractivity contribution in [1.82, 2.24) is 9.80 Å². The van der Waals surface area contributed by atoms with E-state index in [4.69, 9.17) is 26.4 Å². The summed E-state index contributed by atoms with van der Waals surface area (Å²) >= 11 is 0. The van der Waals surface area contributed by atoms with Crippen molar-refractivity contribution in [3.8, 4) is 11.5 Å². The van der Waals surface area contributed by atoms with E-state index in [1.807, 2.05) is 38.0 Å². The largest absolute Gasteiger partial charge is 0.508 e. The number of aromatic hydroxyl groups is 1. The summed E-state index contributed by atoms with van der Waals surface area (Å²) in [5.41, 5.74) is 10.5. The molecule has 0 saturated carbocycles. The molecule has 0 bridgehead atoms. The van der Waals surface area contributed by atoms with E-state index in [1.54, 1.807) is 6.07 Å². The minimum atomic E-state index is -0.644. The summed E-state index contributed by atoms with van der Waals surface area (Å²) in [6, 6.07) is 8.03. The van der Waals surface area contributed by atoms with Gasteiger partial charge in [0.15, 0.2) is 0 Å². The molecule has 0 spiro atoms. The molecule has 0 radical (unpaired) electrons. The van der Waals surface area contributed by atoms with Gasteiger partial charge < -0.3 is 36.2 Å². The number of phenolic OH excluding ortho intramolecular Hbond substituents is 1. The molecule has 0 aliphatic rings. The third kappa shape index (κ3) is 13.7. The second-order valence-corrected chi connectivity index (χ2v) is 7.16. The fourth-order valence-corrected chi connectivity index (χ4v) is 2.01. The summed E-state index contributed by atoms with van der Waals surface area (Å²) in [4.78, 5) is 23.5. The zero-order valence-electron chi connectivity index (χ0n) is 19.2. The number of likely N-dealkylation sites (N-methyl/N-ethyl adjacent to an activating group) is 2. The van der Waals surface area contributed by atoms with Gasteiger partial charge >= 0.3 is 0 Å². The number of nitro benzene ring substituents is 2. The lowest BCUT2D eigenvalue weighted by Crippen LogP contribution is -2.19. The van der Waals surface area contributed by atoms with E-state index >= 15 is 0 Å². The molecule has 13 heteroatoms. The van der Waals surface area contributed by atoms with Crippen LogP contribution in [0.25, 0.3) is 0 Å². The van der Waals surface area contributed by atoms with Gasteiger partial charge in [-0.25, -0.2) is 0 Å². The maximum atomic E-state index is 10.6. The second-order valence-electron chi connectivity index (χ2n) is 7.16. The number of aliphatic hydroxyl groups excluding tert-OH is 1. The molecule has 2 rings (SSSR count). The average molecular weight is 485 g/mol. The number of hydrogen-bond acceptors (Lipinski definition) is 11. The molecule has 2 aromatic carbocycles. The summed E-state index contributed by atoms with van der Waals surface area (Å²) in [5, 5.41) is 37.8.